The van der Waals surface area contributed by atoms with Crippen LogP contribution in [0.3, 0.4) is 0 Å². The number of phenols is 1. The van der Waals surface area contributed by atoms with Gasteiger partial charge >= 0.3 is 0 Å². The highest BCUT2D eigenvalue weighted by atomic mass is 19.1. The van der Waals surface area contributed by atoms with E-state index in [4.69, 9.17) is 5.26 Å². The highest BCUT2D eigenvalue weighted by Crippen LogP contribution is 2.31. The third-order valence-corrected chi connectivity index (χ3v) is 4.31. The van der Waals surface area contributed by atoms with Crippen LogP contribution in [-0.4, -0.2) is 28.1 Å². The van der Waals surface area contributed by atoms with E-state index in [1.165, 1.54) is 38.2 Å². The van der Waals surface area contributed by atoms with Gasteiger partial charge < -0.3 is 15.1 Å². The van der Waals surface area contributed by atoms with Crippen LogP contribution in [0.1, 0.15) is 27.8 Å². The van der Waals surface area contributed by atoms with E-state index in [9.17, 15) is 29.1 Å². The van der Waals surface area contributed by atoms with Crippen LogP contribution in [-0.2, 0) is 11.3 Å². The lowest BCUT2D eigenvalue weighted by Gasteiger charge is -2.18. The number of aryl methyl sites for hydroxylation is 2. The summed E-state index contributed by atoms with van der Waals surface area (Å²) < 4.78 is 28.5. The van der Waals surface area contributed by atoms with E-state index in [0.717, 1.165) is 16.5 Å². The first kappa shape index (κ1) is 21.4. The van der Waals surface area contributed by atoms with Crippen molar-refractivity contribution in [2.24, 2.45) is 0 Å². The number of rotatable bonds is 4. The number of phenolic OH excluding ortho intramolecular Hbond substituents is 1. The third-order valence-electron chi connectivity index (χ3n) is 4.31. The zero-order valence-electron chi connectivity index (χ0n) is 15.9. The average molecular weight is 397 g/mol. The van der Waals surface area contributed by atoms with Gasteiger partial charge in [0.2, 0.25) is 0 Å². The lowest BCUT2D eigenvalue weighted by Crippen LogP contribution is -2.28. The fourth-order valence-corrected chi connectivity index (χ4v) is 2.74. The number of aliphatic hydroxyl groups excluding tert-OH is 1. The second kappa shape index (κ2) is 8.41. The molecule has 0 unspecified atom stereocenters. The smallest absolute Gasteiger partial charge is 0.268 e. The van der Waals surface area contributed by atoms with Crippen LogP contribution in [0.2, 0.25) is 0 Å². The standard InChI is InChI=1S/C21H17F2N3O3/c1-11-4-5-17(22)13(6-11)10-26(3)21(29)16(9-25)20(28)14-7-12(2)19(27)15(8-24)18(14)23/h4-7,27-28H,10H2,1-3H3/b20-16-. The molecule has 0 aliphatic rings. The number of aromatic hydroxyl groups is 1. The van der Waals surface area contributed by atoms with Crippen molar-refractivity contribution < 1.29 is 23.8 Å². The van der Waals surface area contributed by atoms with Gasteiger partial charge in [-0.15, -0.1) is 0 Å². The Hall–Kier alpha value is -3.91. The van der Waals surface area contributed by atoms with E-state index < -0.39 is 45.8 Å². The number of likely N-dealkylation sites (N-methyl/N-ethyl adjacent to an activating group) is 1. The number of nitriles is 2. The lowest BCUT2D eigenvalue weighted by atomic mass is 10.0. The normalized spacial score (nSPS) is 11.3. The van der Waals surface area contributed by atoms with Crippen molar-refractivity contribution in [1.29, 1.82) is 10.5 Å². The Bertz CT molecular complexity index is 1110. The molecule has 0 radical (unpaired) electrons. The van der Waals surface area contributed by atoms with E-state index in [2.05, 4.69) is 0 Å². The molecule has 0 spiro atoms. The van der Waals surface area contributed by atoms with Crippen molar-refractivity contribution >= 4 is 11.7 Å². The topological polar surface area (TPSA) is 108 Å². The van der Waals surface area contributed by atoms with Crippen LogP contribution in [0, 0.1) is 48.1 Å². The maximum atomic E-state index is 14.5. The zero-order valence-corrected chi connectivity index (χ0v) is 15.9. The van der Waals surface area contributed by atoms with Crippen LogP contribution in [0.4, 0.5) is 8.78 Å². The first-order chi connectivity index (χ1) is 13.6. The third kappa shape index (κ3) is 4.17. The van der Waals surface area contributed by atoms with Crippen molar-refractivity contribution in [3.8, 4) is 17.9 Å². The highest BCUT2D eigenvalue weighted by molar-refractivity contribution is 6.03. The molecule has 0 aromatic heterocycles. The highest BCUT2D eigenvalue weighted by Gasteiger charge is 2.25. The number of hydrogen-bond acceptors (Lipinski definition) is 5. The van der Waals surface area contributed by atoms with Crippen LogP contribution < -0.4 is 0 Å². The fourth-order valence-electron chi connectivity index (χ4n) is 2.74. The Labute approximate surface area is 166 Å². The Morgan fingerprint density at radius 2 is 1.86 bits per heavy atom. The molecule has 1 amide bonds. The van der Waals surface area contributed by atoms with Gasteiger partial charge in [-0.2, -0.15) is 10.5 Å². The molecular formula is C21H17F2N3O3. The minimum atomic E-state index is -1.26. The summed E-state index contributed by atoms with van der Waals surface area (Å²) in [4.78, 5) is 13.6. The van der Waals surface area contributed by atoms with Crippen molar-refractivity contribution in [2.45, 2.75) is 20.4 Å². The van der Waals surface area contributed by atoms with Gasteiger partial charge in [0.1, 0.15) is 35.0 Å². The summed E-state index contributed by atoms with van der Waals surface area (Å²) in [6.07, 6.45) is 0. The lowest BCUT2D eigenvalue weighted by molar-refractivity contribution is -0.126. The van der Waals surface area contributed by atoms with Gasteiger partial charge in [-0.25, -0.2) is 8.78 Å². The van der Waals surface area contributed by atoms with Crippen molar-refractivity contribution in [1.82, 2.24) is 4.90 Å². The molecule has 0 heterocycles. The Morgan fingerprint density at radius 1 is 1.21 bits per heavy atom. The van der Waals surface area contributed by atoms with Crippen molar-refractivity contribution in [3.05, 3.63) is 69.3 Å². The second-order valence-electron chi connectivity index (χ2n) is 6.48. The van der Waals surface area contributed by atoms with Crippen LogP contribution in [0.5, 0.6) is 5.75 Å². The number of aliphatic hydroxyl groups is 1. The molecular weight excluding hydrogens is 380 g/mol. The van der Waals surface area contributed by atoms with Crippen molar-refractivity contribution in [3.63, 3.8) is 0 Å². The molecule has 0 aliphatic heterocycles. The summed E-state index contributed by atoms with van der Waals surface area (Å²) >= 11 is 0. The summed E-state index contributed by atoms with van der Waals surface area (Å²) in [6, 6.07) is 8.37. The monoisotopic (exact) mass is 397 g/mol. The predicted octanol–water partition coefficient (Wildman–Crippen LogP) is 3.61. The number of amides is 1. The number of benzene rings is 2. The van der Waals surface area contributed by atoms with E-state index in [1.807, 2.05) is 0 Å². The molecule has 6 nitrogen and oxygen atoms in total. The summed E-state index contributed by atoms with van der Waals surface area (Å²) in [5.74, 6) is -4.35. The van der Waals surface area contributed by atoms with E-state index in [0.29, 0.717) is 0 Å². The van der Waals surface area contributed by atoms with Crippen LogP contribution >= 0.6 is 0 Å². The molecule has 0 aliphatic carbocycles. The summed E-state index contributed by atoms with van der Waals surface area (Å²) in [7, 11) is 1.30. The van der Waals surface area contributed by atoms with E-state index in [1.54, 1.807) is 13.0 Å². The summed E-state index contributed by atoms with van der Waals surface area (Å²) in [5, 5.41) is 38.5. The van der Waals surface area contributed by atoms with Gasteiger partial charge in [0.25, 0.3) is 5.91 Å². The Morgan fingerprint density at radius 3 is 2.45 bits per heavy atom. The first-order valence-electron chi connectivity index (χ1n) is 8.38. The molecule has 29 heavy (non-hydrogen) atoms. The predicted molar refractivity (Wildman–Crippen MR) is 100 cm³/mol. The molecule has 0 saturated heterocycles. The van der Waals surface area contributed by atoms with Gasteiger partial charge in [0.05, 0.1) is 5.56 Å². The fraction of sp³-hybridized carbons (Fsp3) is 0.190. The summed E-state index contributed by atoms with van der Waals surface area (Å²) in [6.45, 7) is 2.93. The maximum absolute atomic E-state index is 14.5. The minimum Gasteiger partial charge on any atom is -0.506 e. The Kier molecular flexibility index (Phi) is 6.20. The number of carbonyl (C=O) groups is 1. The molecule has 2 aromatic carbocycles. The molecule has 8 heteroatoms. The second-order valence-corrected chi connectivity index (χ2v) is 6.48. The molecule has 0 atom stereocenters. The molecule has 0 bridgehead atoms. The van der Waals surface area contributed by atoms with Gasteiger partial charge in [-0.05, 0) is 31.5 Å². The number of nitrogens with zero attached hydrogens (tertiary/aromatic N) is 3. The summed E-state index contributed by atoms with van der Waals surface area (Å²) in [5.41, 5.74) is -1.02. The van der Waals surface area contributed by atoms with Crippen LogP contribution in [0.15, 0.2) is 29.8 Å². The molecule has 2 N–H and O–H groups in total. The Balaban J connectivity index is 2.49. The molecule has 2 rings (SSSR count). The van der Waals surface area contributed by atoms with Crippen molar-refractivity contribution in [2.75, 3.05) is 7.05 Å². The first-order valence-corrected chi connectivity index (χ1v) is 8.38. The molecule has 2 aromatic rings. The number of halogens is 2. The molecule has 0 saturated carbocycles. The largest absolute Gasteiger partial charge is 0.506 e. The average Bonchev–Trinajstić information content (AvgIpc) is 2.68. The maximum Gasteiger partial charge on any atom is 0.268 e. The SMILES string of the molecule is Cc1ccc(F)c(CN(C)C(=O)/C(C#N)=C(\O)c2cc(C)c(O)c(C#N)c2F)c1. The van der Waals surface area contributed by atoms with Crippen LogP contribution in [0.25, 0.3) is 5.76 Å². The minimum absolute atomic E-state index is 0.0735. The number of carbonyl (C=O) groups excluding carboxylic acids is 1. The number of hydrogen-bond donors (Lipinski definition) is 2. The molecule has 148 valence electrons. The van der Waals surface area contributed by atoms with Gasteiger partial charge in [0, 0.05) is 19.2 Å². The quantitative estimate of drug-likeness (QED) is 0.465. The van der Waals surface area contributed by atoms with Gasteiger partial charge in [0.15, 0.2) is 11.4 Å². The van der Waals surface area contributed by atoms with E-state index in [-0.39, 0.29) is 17.7 Å². The van der Waals surface area contributed by atoms with Gasteiger partial charge in [-0.3, -0.25) is 4.79 Å². The molecule has 0 fully saturated rings. The van der Waals surface area contributed by atoms with Gasteiger partial charge in [-0.1, -0.05) is 17.7 Å². The zero-order chi connectivity index (χ0) is 21.9. The van der Waals surface area contributed by atoms with E-state index >= 15 is 0 Å².